The fourth-order valence-electron chi connectivity index (χ4n) is 5.11. The van der Waals surface area contributed by atoms with Crippen LogP contribution in [0.15, 0.2) is 131 Å². The van der Waals surface area contributed by atoms with Crippen LogP contribution in [0, 0.1) is 0 Å². The molecule has 6 aromatic rings. The Labute approximate surface area is 234 Å². The molecule has 6 nitrogen and oxygen atoms in total. The molecule has 0 heterocycles. The van der Waals surface area contributed by atoms with E-state index in [9.17, 15) is 16.8 Å². The van der Waals surface area contributed by atoms with Gasteiger partial charge in [-0.05, 0) is 70.4 Å². The molecule has 0 aliphatic rings. The van der Waals surface area contributed by atoms with E-state index in [0.29, 0.717) is 22.1 Å². The van der Waals surface area contributed by atoms with Gasteiger partial charge in [0.15, 0.2) is 21.4 Å². The average Bonchev–Trinajstić information content (AvgIpc) is 2.98. The Morgan fingerprint density at radius 2 is 0.800 bits per heavy atom. The van der Waals surface area contributed by atoms with E-state index in [-0.39, 0.29) is 9.79 Å². The zero-order valence-corrected chi connectivity index (χ0v) is 22.9. The van der Waals surface area contributed by atoms with Crippen LogP contribution in [0.2, 0.25) is 0 Å². The minimum atomic E-state index is -2.88. The third-order valence-electron chi connectivity index (χ3n) is 6.83. The second kappa shape index (κ2) is 10.8. The van der Waals surface area contributed by atoms with E-state index < -0.39 is 21.4 Å². The van der Waals surface area contributed by atoms with Gasteiger partial charge in [-0.1, -0.05) is 72.8 Å². The predicted molar refractivity (Wildman–Crippen MR) is 164 cm³/mol. The van der Waals surface area contributed by atoms with Crippen LogP contribution >= 0.6 is 0 Å². The predicted octanol–water partition coefficient (Wildman–Crippen LogP) is 7.09. The Morgan fingerprint density at radius 3 is 1.18 bits per heavy atom. The van der Waals surface area contributed by atoms with Crippen molar-refractivity contribution in [2.45, 2.75) is 9.79 Å². The standard InChI is InChI=1S/C32H24N2O4S2/c35-39(36)29-15-7-13-25-23(17-19-27(31(25)29)33-21-9-3-1-4-10-21)24-18-20-28(34-22-11-5-2-6-12-22)32-26(24)14-8-16-30(32)40(37)38/h1-20,33-34,39-40H. The normalized spacial score (nSPS) is 11.3. The molecule has 8 heteroatoms. The maximum absolute atomic E-state index is 12.4. The number of nitrogens with one attached hydrogen (secondary N) is 2. The summed E-state index contributed by atoms with van der Waals surface area (Å²) < 4.78 is 49.4. The fourth-order valence-corrected chi connectivity index (χ4v) is 6.37. The quantitative estimate of drug-likeness (QED) is 0.155. The molecule has 6 rings (SSSR count). The molecule has 0 atom stereocenters. The zero-order chi connectivity index (χ0) is 27.6. The lowest BCUT2D eigenvalue weighted by Crippen LogP contribution is -1.97. The fraction of sp³-hybridized carbons (Fsp3) is 0. The van der Waals surface area contributed by atoms with Crippen molar-refractivity contribution < 1.29 is 16.8 Å². The first-order valence-corrected chi connectivity index (χ1v) is 14.9. The molecule has 0 radical (unpaired) electrons. The van der Waals surface area contributed by atoms with Crippen LogP contribution in [0.1, 0.15) is 0 Å². The molecule has 0 spiro atoms. The summed E-state index contributed by atoms with van der Waals surface area (Å²) in [5.74, 6) is 0. The van der Waals surface area contributed by atoms with Crippen LogP contribution in [-0.4, -0.2) is 16.8 Å². The second-order valence-corrected chi connectivity index (χ2v) is 11.2. The Balaban J connectivity index is 1.62. The minimum absolute atomic E-state index is 0.211. The molecule has 0 fully saturated rings. The third kappa shape index (κ3) is 4.79. The summed E-state index contributed by atoms with van der Waals surface area (Å²) in [6.45, 7) is 0. The van der Waals surface area contributed by atoms with E-state index in [4.69, 9.17) is 0 Å². The number of thiol groups is 2. The van der Waals surface area contributed by atoms with Gasteiger partial charge < -0.3 is 10.6 Å². The van der Waals surface area contributed by atoms with Gasteiger partial charge in [-0.25, -0.2) is 16.8 Å². The van der Waals surface area contributed by atoms with Gasteiger partial charge in [0.1, 0.15) is 0 Å². The molecular formula is C32H24N2O4S2. The van der Waals surface area contributed by atoms with Crippen molar-refractivity contribution in [2.24, 2.45) is 0 Å². The Bertz CT molecular complexity index is 1870. The molecule has 0 aromatic heterocycles. The van der Waals surface area contributed by atoms with Gasteiger partial charge in [-0.2, -0.15) is 0 Å². The Morgan fingerprint density at radius 1 is 0.400 bits per heavy atom. The third-order valence-corrected chi connectivity index (χ3v) is 8.36. The van der Waals surface area contributed by atoms with Gasteiger partial charge in [0.25, 0.3) is 0 Å². The molecule has 40 heavy (non-hydrogen) atoms. The summed E-state index contributed by atoms with van der Waals surface area (Å²) in [6, 6.07) is 37.2. The average molecular weight is 565 g/mol. The maximum Gasteiger partial charge on any atom is 0.168 e. The lowest BCUT2D eigenvalue weighted by atomic mass is 9.92. The molecule has 198 valence electrons. The van der Waals surface area contributed by atoms with Crippen LogP contribution in [-0.2, 0) is 21.4 Å². The van der Waals surface area contributed by atoms with Crippen molar-refractivity contribution in [3.63, 3.8) is 0 Å². The van der Waals surface area contributed by atoms with Crippen LogP contribution in [0.5, 0.6) is 0 Å². The summed E-state index contributed by atoms with van der Waals surface area (Å²) in [5, 5.41) is 9.34. The molecule has 0 saturated heterocycles. The minimum Gasteiger partial charge on any atom is -0.355 e. The molecule has 0 unspecified atom stereocenters. The van der Waals surface area contributed by atoms with Crippen LogP contribution in [0.3, 0.4) is 0 Å². The van der Waals surface area contributed by atoms with Gasteiger partial charge in [-0.15, -0.1) is 0 Å². The lowest BCUT2D eigenvalue weighted by molar-refractivity contribution is 0.613. The van der Waals surface area contributed by atoms with Crippen molar-refractivity contribution in [3.05, 3.63) is 121 Å². The highest BCUT2D eigenvalue weighted by Crippen LogP contribution is 2.42. The van der Waals surface area contributed by atoms with E-state index >= 15 is 0 Å². The van der Waals surface area contributed by atoms with Crippen LogP contribution in [0.4, 0.5) is 22.7 Å². The van der Waals surface area contributed by atoms with E-state index in [1.165, 1.54) is 0 Å². The molecule has 0 amide bonds. The number of anilines is 4. The number of fused-ring (bicyclic) bond motifs is 2. The van der Waals surface area contributed by atoms with Crippen molar-refractivity contribution in [3.8, 4) is 11.1 Å². The summed E-state index contributed by atoms with van der Waals surface area (Å²) >= 11 is 0. The summed E-state index contributed by atoms with van der Waals surface area (Å²) in [6.07, 6.45) is 0. The van der Waals surface area contributed by atoms with E-state index in [1.54, 1.807) is 24.3 Å². The van der Waals surface area contributed by atoms with Crippen molar-refractivity contribution in [1.29, 1.82) is 0 Å². The summed E-state index contributed by atoms with van der Waals surface area (Å²) in [5.41, 5.74) is 4.57. The molecule has 0 saturated carbocycles. The van der Waals surface area contributed by atoms with Crippen molar-refractivity contribution in [1.82, 2.24) is 0 Å². The number of rotatable bonds is 7. The largest absolute Gasteiger partial charge is 0.355 e. The monoisotopic (exact) mass is 564 g/mol. The van der Waals surface area contributed by atoms with Crippen LogP contribution < -0.4 is 10.6 Å². The highest BCUT2D eigenvalue weighted by Gasteiger charge is 2.18. The summed E-state index contributed by atoms with van der Waals surface area (Å²) in [7, 11) is -5.76. The highest BCUT2D eigenvalue weighted by molar-refractivity contribution is 7.73. The second-order valence-electron chi connectivity index (χ2n) is 9.22. The maximum atomic E-state index is 12.4. The summed E-state index contributed by atoms with van der Waals surface area (Å²) in [4.78, 5) is 0.422. The number of para-hydroxylation sites is 2. The number of hydrogen-bond donors (Lipinski definition) is 4. The highest BCUT2D eigenvalue weighted by atomic mass is 32.2. The topological polar surface area (TPSA) is 92.3 Å². The van der Waals surface area contributed by atoms with E-state index in [0.717, 1.165) is 33.3 Å². The smallest absolute Gasteiger partial charge is 0.168 e. The first kappa shape index (κ1) is 25.6. The molecule has 0 bridgehead atoms. The Kier molecular flexibility index (Phi) is 6.94. The van der Waals surface area contributed by atoms with Gasteiger partial charge in [0, 0.05) is 33.5 Å². The first-order valence-electron chi connectivity index (χ1n) is 12.6. The molecule has 2 N–H and O–H groups in total. The number of hydrogen-bond acceptors (Lipinski definition) is 6. The molecule has 6 aromatic carbocycles. The number of benzene rings is 6. The molecule has 0 aliphatic heterocycles. The first-order chi connectivity index (χ1) is 19.5. The van der Waals surface area contributed by atoms with E-state index in [1.807, 2.05) is 97.1 Å². The van der Waals surface area contributed by atoms with E-state index in [2.05, 4.69) is 10.6 Å². The molecular weight excluding hydrogens is 540 g/mol. The van der Waals surface area contributed by atoms with Gasteiger partial charge in [0.2, 0.25) is 0 Å². The van der Waals surface area contributed by atoms with Crippen molar-refractivity contribution in [2.75, 3.05) is 10.6 Å². The van der Waals surface area contributed by atoms with Gasteiger partial charge >= 0.3 is 0 Å². The Hall–Kier alpha value is -4.66. The lowest BCUT2D eigenvalue weighted by Gasteiger charge is -2.18. The van der Waals surface area contributed by atoms with Crippen molar-refractivity contribution >= 4 is 65.7 Å². The molecule has 0 aliphatic carbocycles. The SMILES string of the molecule is O=[SH](=O)c1cccc2c(-c3ccc(Nc4ccccc4)c4c([SH](=O)=O)cccc34)ccc(Nc3ccccc3)c12. The van der Waals surface area contributed by atoms with Gasteiger partial charge in [0.05, 0.1) is 9.79 Å². The zero-order valence-electron chi connectivity index (χ0n) is 21.1. The van der Waals surface area contributed by atoms with Gasteiger partial charge in [-0.3, -0.25) is 0 Å². The van der Waals surface area contributed by atoms with Crippen LogP contribution in [0.25, 0.3) is 32.7 Å².